The average Bonchev–Trinajstić information content (AvgIpc) is 2.52. The number of hydrogen-bond acceptors (Lipinski definition) is 5. The van der Waals surface area contributed by atoms with Gasteiger partial charge in [0.15, 0.2) is 0 Å². The number of carbonyl (C=O) groups excluding carboxylic acids is 1. The summed E-state index contributed by atoms with van der Waals surface area (Å²) in [4.78, 5) is 12.1. The minimum atomic E-state index is -3.90. The van der Waals surface area contributed by atoms with Crippen LogP contribution in [-0.4, -0.2) is 21.5 Å². The molecule has 0 aliphatic rings. The molecule has 128 valence electrons. The molecule has 0 aliphatic carbocycles. The summed E-state index contributed by atoms with van der Waals surface area (Å²) in [5, 5.41) is 5.57. The van der Waals surface area contributed by atoms with Crippen molar-refractivity contribution in [1.82, 2.24) is 0 Å². The first-order valence-electron chi connectivity index (χ1n) is 6.85. The predicted octanol–water partition coefficient (Wildman–Crippen LogP) is 2.66. The highest BCUT2D eigenvalue weighted by molar-refractivity contribution is 7.89. The molecule has 0 aliphatic heterocycles. The van der Waals surface area contributed by atoms with Crippen LogP contribution in [0.15, 0.2) is 41.3 Å². The number of primary sulfonamides is 1. The molecule has 0 fully saturated rings. The quantitative estimate of drug-likeness (QED) is 0.817. The van der Waals surface area contributed by atoms with Crippen LogP contribution in [0.1, 0.15) is 21.5 Å². The summed E-state index contributed by atoms with van der Waals surface area (Å²) in [5.41, 5.74) is 1.30. The molecule has 0 spiro atoms. The lowest BCUT2D eigenvalue weighted by molar-refractivity contribution is 0.0469. The number of halogens is 1. The van der Waals surface area contributed by atoms with Gasteiger partial charge in [-0.3, -0.25) is 0 Å². The second kappa shape index (κ2) is 7.21. The van der Waals surface area contributed by atoms with Gasteiger partial charge in [0, 0.05) is 10.6 Å². The molecule has 0 radical (unpaired) electrons. The molecule has 0 heterocycles. The van der Waals surface area contributed by atoms with E-state index in [0.717, 1.165) is 0 Å². The van der Waals surface area contributed by atoms with E-state index in [-0.39, 0.29) is 17.1 Å². The molecule has 0 saturated carbocycles. The molecule has 2 aromatic rings. The Morgan fingerprint density at radius 1 is 1.21 bits per heavy atom. The fraction of sp³-hybridized carbons (Fsp3) is 0.188. The lowest BCUT2D eigenvalue weighted by Gasteiger charge is -2.11. The molecule has 24 heavy (non-hydrogen) atoms. The first kappa shape index (κ1) is 18.3. The number of aryl methyl sites for hydroxylation is 1. The molecule has 2 aromatic carbocycles. The normalized spacial score (nSPS) is 11.2. The third-order valence-corrected chi connectivity index (χ3v) is 4.50. The number of benzene rings is 2. The van der Waals surface area contributed by atoms with Crippen molar-refractivity contribution in [3.8, 4) is 5.75 Å². The Bertz CT molecular complexity index is 880. The summed E-state index contributed by atoms with van der Waals surface area (Å²) >= 11 is 5.93. The fourth-order valence-electron chi connectivity index (χ4n) is 2.08. The van der Waals surface area contributed by atoms with Crippen molar-refractivity contribution < 1.29 is 22.7 Å². The van der Waals surface area contributed by atoms with Crippen molar-refractivity contribution >= 4 is 27.6 Å². The largest absolute Gasteiger partial charge is 0.496 e. The maximum Gasteiger partial charge on any atom is 0.338 e. The molecule has 2 N–H and O–H groups in total. The van der Waals surface area contributed by atoms with E-state index in [1.54, 1.807) is 25.1 Å². The predicted molar refractivity (Wildman–Crippen MR) is 89.7 cm³/mol. The van der Waals surface area contributed by atoms with Crippen molar-refractivity contribution in [2.24, 2.45) is 5.14 Å². The second-order valence-electron chi connectivity index (χ2n) is 5.05. The van der Waals surface area contributed by atoms with Crippen LogP contribution in [0.3, 0.4) is 0 Å². The van der Waals surface area contributed by atoms with Gasteiger partial charge in [-0.2, -0.15) is 0 Å². The molecule has 6 nitrogen and oxygen atoms in total. The molecule has 0 bridgehead atoms. The molecular weight excluding hydrogens is 354 g/mol. The van der Waals surface area contributed by atoms with E-state index in [2.05, 4.69) is 0 Å². The van der Waals surface area contributed by atoms with Crippen LogP contribution >= 0.6 is 11.6 Å². The van der Waals surface area contributed by atoms with Gasteiger partial charge in [-0.05, 0) is 42.8 Å². The molecule has 0 aromatic heterocycles. The van der Waals surface area contributed by atoms with Gasteiger partial charge in [0.05, 0.1) is 17.6 Å². The first-order valence-corrected chi connectivity index (χ1v) is 8.78. The number of methoxy groups -OCH3 is 1. The van der Waals surface area contributed by atoms with Crippen LogP contribution in [0, 0.1) is 6.92 Å². The third kappa shape index (κ3) is 4.25. The topological polar surface area (TPSA) is 95.7 Å². The fourth-order valence-corrected chi connectivity index (χ4v) is 2.81. The number of sulfonamides is 1. The van der Waals surface area contributed by atoms with Gasteiger partial charge in [0.25, 0.3) is 0 Å². The van der Waals surface area contributed by atoms with E-state index >= 15 is 0 Å². The van der Waals surface area contributed by atoms with E-state index in [1.165, 1.54) is 25.3 Å². The average molecular weight is 370 g/mol. The number of ether oxygens (including phenoxy) is 2. The van der Waals surface area contributed by atoms with E-state index < -0.39 is 16.0 Å². The van der Waals surface area contributed by atoms with Crippen LogP contribution < -0.4 is 9.88 Å². The molecule has 8 heteroatoms. The van der Waals surface area contributed by atoms with Gasteiger partial charge in [0.1, 0.15) is 12.4 Å². The summed E-state index contributed by atoms with van der Waals surface area (Å²) in [6, 6.07) is 8.98. The maximum absolute atomic E-state index is 12.3. The van der Waals surface area contributed by atoms with E-state index in [9.17, 15) is 13.2 Å². The Balaban J connectivity index is 2.24. The number of hydrogen-bond donors (Lipinski definition) is 1. The maximum atomic E-state index is 12.3. The van der Waals surface area contributed by atoms with Crippen molar-refractivity contribution in [3.05, 3.63) is 58.1 Å². The number of esters is 1. The molecule has 0 unspecified atom stereocenters. The highest BCUT2D eigenvalue weighted by atomic mass is 35.5. The standard InChI is InChI=1S/C16H16ClNO5S/c1-10-3-5-13(24(18,20)21)8-14(10)16(19)23-9-11-7-12(17)4-6-15(11)22-2/h3-8H,9H2,1-2H3,(H2,18,20,21). The summed E-state index contributed by atoms with van der Waals surface area (Å²) in [7, 11) is -2.41. The Hall–Kier alpha value is -2.09. The van der Waals surface area contributed by atoms with Crippen LogP contribution in [-0.2, 0) is 21.4 Å². The van der Waals surface area contributed by atoms with Crippen molar-refractivity contribution in [2.45, 2.75) is 18.4 Å². The summed E-state index contributed by atoms with van der Waals surface area (Å²) in [5.74, 6) is -0.137. The lowest BCUT2D eigenvalue weighted by atomic mass is 10.1. The Morgan fingerprint density at radius 2 is 1.92 bits per heavy atom. The van der Waals surface area contributed by atoms with Crippen molar-refractivity contribution in [2.75, 3.05) is 7.11 Å². The molecule has 0 saturated heterocycles. The summed E-state index contributed by atoms with van der Waals surface area (Å²) in [6.45, 7) is 1.60. The van der Waals surface area contributed by atoms with E-state index in [0.29, 0.717) is 21.9 Å². The second-order valence-corrected chi connectivity index (χ2v) is 7.05. The zero-order chi connectivity index (χ0) is 17.9. The first-order chi connectivity index (χ1) is 11.2. The van der Waals surface area contributed by atoms with Crippen LogP contribution in [0.25, 0.3) is 0 Å². The van der Waals surface area contributed by atoms with Gasteiger partial charge in [-0.15, -0.1) is 0 Å². The Kier molecular flexibility index (Phi) is 5.48. The Morgan fingerprint density at radius 3 is 2.54 bits per heavy atom. The molecule has 2 rings (SSSR count). The minimum absolute atomic E-state index is 0.0678. The SMILES string of the molecule is COc1ccc(Cl)cc1COC(=O)c1cc(S(N)(=O)=O)ccc1C. The number of nitrogens with two attached hydrogens (primary N) is 1. The van der Waals surface area contributed by atoms with Crippen LogP contribution in [0.4, 0.5) is 0 Å². The van der Waals surface area contributed by atoms with Crippen LogP contribution in [0.2, 0.25) is 5.02 Å². The molecular formula is C16H16ClNO5S. The van der Waals surface area contributed by atoms with Gasteiger partial charge >= 0.3 is 5.97 Å². The highest BCUT2D eigenvalue weighted by Gasteiger charge is 2.16. The lowest BCUT2D eigenvalue weighted by Crippen LogP contribution is -2.14. The van der Waals surface area contributed by atoms with Gasteiger partial charge < -0.3 is 9.47 Å². The smallest absolute Gasteiger partial charge is 0.338 e. The number of rotatable bonds is 5. The van der Waals surface area contributed by atoms with Gasteiger partial charge in [-0.1, -0.05) is 17.7 Å². The van der Waals surface area contributed by atoms with Crippen molar-refractivity contribution in [3.63, 3.8) is 0 Å². The third-order valence-electron chi connectivity index (χ3n) is 3.36. The zero-order valence-electron chi connectivity index (χ0n) is 13.1. The van der Waals surface area contributed by atoms with Crippen molar-refractivity contribution in [1.29, 1.82) is 0 Å². The van der Waals surface area contributed by atoms with E-state index in [1.807, 2.05) is 0 Å². The number of carbonyl (C=O) groups is 1. The van der Waals surface area contributed by atoms with Gasteiger partial charge in [0.2, 0.25) is 10.0 Å². The Labute approximate surface area is 145 Å². The van der Waals surface area contributed by atoms with Crippen LogP contribution in [0.5, 0.6) is 5.75 Å². The summed E-state index contributed by atoms with van der Waals surface area (Å²) < 4.78 is 33.3. The highest BCUT2D eigenvalue weighted by Crippen LogP contribution is 2.24. The minimum Gasteiger partial charge on any atom is -0.496 e. The molecule has 0 atom stereocenters. The zero-order valence-corrected chi connectivity index (χ0v) is 14.6. The van der Waals surface area contributed by atoms with Gasteiger partial charge in [-0.25, -0.2) is 18.4 Å². The van der Waals surface area contributed by atoms with E-state index in [4.69, 9.17) is 26.2 Å². The summed E-state index contributed by atoms with van der Waals surface area (Å²) in [6.07, 6.45) is 0. The molecule has 0 amide bonds. The monoisotopic (exact) mass is 369 g/mol.